The van der Waals surface area contributed by atoms with Crippen LogP contribution < -0.4 is 0 Å². The van der Waals surface area contributed by atoms with Crippen molar-refractivity contribution in [2.75, 3.05) is 13.1 Å². The Hall–Kier alpha value is -3.15. The maximum absolute atomic E-state index is 13.4. The monoisotopic (exact) mass is 366 g/mol. The van der Waals surface area contributed by atoms with E-state index < -0.39 is 0 Å². The normalized spacial score (nSPS) is 15.1. The lowest BCUT2D eigenvalue weighted by Gasteiger charge is -2.31. The van der Waals surface area contributed by atoms with Crippen molar-refractivity contribution in [2.24, 2.45) is 0 Å². The van der Waals surface area contributed by atoms with Crippen LogP contribution in [0.3, 0.4) is 0 Å². The molecular weight excluding hydrogens is 347 g/mol. The number of halogens is 1. The van der Waals surface area contributed by atoms with E-state index in [9.17, 15) is 14.3 Å². The topological polar surface area (TPSA) is 66.6 Å². The number of likely N-dealkylation sites (tertiary alicyclic amines) is 1. The van der Waals surface area contributed by atoms with E-state index in [1.54, 1.807) is 35.2 Å². The average Bonchev–Trinajstić information content (AvgIpc) is 3.18. The highest BCUT2D eigenvalue weighted by Gasteiger charge is 2.27. The summed E-state index contributed by atoms with van der Waals surface area (Å²) in [6, 6.07) is 14.8. The Morgan fingerprint density at radius 2 is 1.85 bits per heavy atom. The second kappa shape index (κ2) is 7.23. The average molecular weight is 366 g/mol. The molecule has 1 aliphatic heterocycles. The SMILES string of the molecule is O=C(c1cc(-c2cccc(F)c2)no1)N1CCC(c2ccc(O)cc2)CC1. The van der Waals surface area contributed by atoms with Gasteiger partial charge in [0.25, 0.3) is 5.91 Å². The molecule has 0 saturated carbocycles. The van der Waals surface area contributed by atoms with E-state index in [0.717, 1.165) is 12.8 Å². The summed E-state index contributed by atoms with van der Waals surface area (Å²) in [6.07, 6.45) is 1.70. The van der Waals surface area contributed by atoms with Gasteiger partial charge in [0.05, 0.1) is 0 Å². The van der Waals surface area contributed by atoms with Crippen molar-refractivity contribution in [3.8, 4) is 17.0 Å². The van der Waals surface area contributed by atoms with Gasteiger partial charge in [0, 0.05) is 24.7 Å². The van der Waals surface area contributed by atoms with Gasteiger partial charge in [-0.05, 0) is 48.6 Å². The highest BCUT2D eigenvalue weighted by atomic mass is 19.1. The van der Waals surface area contributed by atoms with E-state index in [-0.39, 0.29) is 23.2 Å². The smallest absolute Gasteiger partial charge is 0.292 e. The fourth-order valence-corrected chi connectivity index (χ4v) is 3.48. The number of carbonyl (C=O) groups is 1. The van der Waals surface area contributed by atoms with Gasteiger partial charge in [0.1, 0.15) is 17.3 Å². The molecule has 138 valence electrons. The largest absolute Gasteiger partial charge is 0.508 e. The molecule has 1 N–H and O–H groups in total. The first-order chi connectivity index (χ1) is 13.1. The molecule has 0 spiro atoms. The van der Waals surface area contributed by atoms with Crippen LogP contribution in [0.5, 0.6) is 5.75 Å². The Balaban J connectivity index is 1.42. The van der Waals surface area contributed by atoms with Crippen LogP contribution in [0.15, 0.2) is 59.1 Å². The summed E-state index contributed by atoms with van der Waals surface area (Å²) >= 11 is 0. The Kier molecular flexibility index (Phi) is 4.62. The van der Waals surface area contributed by atoms with E-state index in [4.69, 9.17) is 4.52 Å². The van der Waals surface area contributed by atoms with E-state index >= 15 is 0 Å². The zero-order valence-electron chi connectivity index (χ0n) is 14.6. The summed E-state index contributed by atoms with van der Waals surface area (Å²) in [7, 11) is 0. The zero-order valence-corrected chi connectivity index (χ0v) is 14.6. The number of aromatic hydroxyl groups is 1. The Labute approximate surface area is 156 Å². The van der Waals surface area contributed by atoms with Gasteiger partial charge in [-0.15, -0.1) is 0 Å². The minimum Gasteiger partial charge on any atom is -0.508 e. The van der Waals surface area contributed by atoms with Crippen molar-refractivity contribution >= 4 is 5.91 Å². The zero-order chi connectivity index (χ0) is 18.8. The van der Waals surface area contributed by atoms with Crippen LogP contribution in [0.1, 0.15) is 34.9 Å². The summed E-state index contributed by atoms with van der Waals surface area (Å²) in [5.74, 6) is 0.226. The second-order valence-corrected chi connectivity index (χ2v) is 6.74. The highest BCUT2D eigenvalue weighted by molar-refractivity contribution is 5.92. The molecule has 2 heterocycles. The first kappa shape index (κ1) is 17.3. The molecule has 4 rings (SSSR count). The maximum Gasteiger partial charge on any atom is 0.292 e. The van der Waals surface area contributed by atoms with E-state index in [1.807, 2.05) is 12.1 Å². The fourth-order valence-electron chi connectivity index (χ4n) is 3.48. The van der Waals surface area contributed by atoms with Crippen molar-refractivity contribution in [3.63, 3.8) is 0 Å². The molecule has 6 heteroatoms. The number of rotatable bonds is 3. The van der Waals surface area contributed by atoms with Crippen LogP contribution in [0.4, 0.5) is 4.39 Å². The minimum atomic E-state index is -0.361. The summed E-state index contributed by atoms with van der Waals surface area (Å²) in [6.45, 7) is 1.25. The van der Waals surface area contributed by atoms with E-state index in [0.29, 0.717) is 30.3 Å². The number of phenols is 1. The Morgan fingerprint density at radius 1 is 1.11 bits per heavy atom. The van der Waals surface area contributed by atoms with Crippen LogP contribution in [0.2, 0.25) is 0 Å². The quantitative estimate of drug-likeness (QED) is 0.754. The standard InChI is InChI=1S/C21H19FN2O3/c22-17-3-1-2-16(12-17)19-13-20(27-23-19)21(26)24-10-8-15(9-11-24)14-4-6-18(25)7-5-14/h1-7,12-13,15,25H,8-11H2. The van der Waals surface area contributed by atoms with Gasteiger partial charge in [0.2, 0.25) is 5.76 Å². The lowest BCUT2D eigenvalue weighted by molar-refractivity contribution is 0.0671. The van der Waals surface area contributed by atoms with Gasteiger partial charge < -0.3 is 14.5 Å². The van der Waals surface area contributed by atoms with Crippen LogP contribution >= 0.6 is 0 Å². The van der Waals surface area contributed by atoms with E-state index in [1.165, 1.54) is 17.7 Å². The molecule has 1 fully saturated rings. The lowest BCUT2D eigenvalue weighted by Crippen LogP contribution is -2.37. The second-order valence-electron chi connectivity index (χ2n) is 6.74. The first-order valence-electron chi connectivity index (χ1n) is 8.91. The van der Waals surface area contributed by atoms with Crippen LogP contribution in [0.25, 0.3) is 11.3 Å². The van der Waals surface area contributed by atoms with Gasteiger partial charge in [-0.2, -0.15) is 0 Å². The number of phenolic OH excluding ortho intramolecular Hbond substituents is 1. The molecule has 0 unspecified atom stereocenters. The predicted molar refractivity (Wildman–Crippen MR) is 97.9 cm³/mol. The maximum atomic E-state index is 13.4. The number of piperidine rings is 1. The highest BCUT2D eigenvalue weighted by Crippen LogP contribution is 2.30. The summed E-state index contributed by atoms with van der Waals surface area (Å²) in [5.41, 5.74) is 2.19. The molecule has 0 radical (unpaired) electrons. The Bertz CT molecular complexity index is 944. The molecule has 2 aromatic carbocycles. The van der Waals surface area contributed by atoms with Crippen molar-refractivity contribution in [2.45, 2.75) is 18.8 Å². The molecule has 1 saturated heterocycles. The van der Waals surface area contributed by atoms with Crippen molar-refractivity contribution in [1.29, 1.82) is 0 Å². The molecule has 0 atom stereocenters. The fraction of sp³-hybridized carbons (Fsp3) is 0.238. The third kappa shape index (κ3) is 3.69. The molecule has 27 heavy (non-hydrogen) atoms. The van der Waals surface area contributed by atoms with Crippen molar-refractivity contribution < 1.29 is 18.8 Å². The molecule has 1 aliphatic rings. The number of benzene rings is 2. The Morgan fingerprint density at radius 3 is 2.56 bits per heavy atom. The lowest BCUT2D eigenvalue weighted by atomic mass is 9.89. The summed E-state index contributed by atoms with van der Waals surface area (Å²) in [4.78, 5) is 14.4. The number of nitrogens with zero attached hydrogens (tertiary/aromatic N) is 2. The van der Waals surface area contributed by atoms with Gasteiger partial charge >= 0.3 is 0 Å². The predicted octanol–water partition coefficient (Wildman–Crippen LogP) is 4.21. The molecular formula is C21H19FN2O3. The van der Waals surface area contributed by atoms with Gasteiger partial charge in [-0.3, -0.25) is 4.79 Å². The third-order valence-corrected chi connectivity index (χ3v) is 4.99. The summed E-state index contributed by atoms with van der Waals surface area (Å²) < 4.78 is 18.6. The van der Waals surface area contributed by atoms with Gasteiger partial charge in [-0.1, -0.05) is 29.4 Å². The van der Waals surface area contributed by atoms with Crippen molar-refractivity contribution in [1.82, 2.24) is 10.1 Å². The van der Waals surface area contributed by atoms with Gasteiger partial charge in [0.15, 0.2) is 0 Å². The third-order valence-electron chi connectivity index (χ3n) is 4.99. The molecule has 3 aromatic rings. The number of hydrogen-bond donors (Lipinski definition) is 1. The van der Waals surface area contributed by atoms with Crippen LogP contribution in [-0.2, 0) is 0 Å². The van der Waals surface area contributed by atoms with Crippen LogP contribution in [0, 0.1) is 5.82 Å². The molecule has 0 bridgehead atoms. The summed E-state index contributed by atoms with van der Waals surface area (Å²) in [5, 5.41) is 13.3. The van der Waals surface area contributed by atoms with Crippen LogP contribution in [-0.4, -0.2) is 34.2 Å². The molecule has 0 aliphatic carbocycles. The number of aromatic nitrogens is 1. The first-order valence-corrected chi connectivity index (χ1v) is 8.91. The molecule has 1 aromatic heterocycles. The van der Waals surface area contributed by atoms with Crippen molar-refractivity contribution in [3.05, 3.63) is 71.7 Å². The minimum absolute atomic E-state index is 0.164. The van der Waals surface area contributed by atoms with Gasteiger partial charge in [-0.25, -0.2) is 4.39 Å². The van der Waals surface area contributed by atoms with E-state index in [2.05, 4.69) is 5.16 Å². The molecule has 1 amide bonds. The number of amides is 1. The number of carbonyl (C=O) groups excluding carboxylic acids is 1. The number of hydrogen-bond acceptors (Lipinski definition) is 4. The molecule has 5 nitrogen and oxygen atoms in total.